The summed E-state index contributed by atoms with van der Waals surface area (Å²) in [6, 6.07) is 0.106. The van der Waals surface area contributed by atoms with E-state index in [0.717, 1.165) is 0 Å². The highest BCUT2D eigenvalue weighted by atomic mass is 16.5. The molecule has 142 valence electrons. The Hall–Kier alpha value is -1.14. The molecule has 0 saturated heterocycles. The van der Waals surface area contributed by atoms with Crippen molar-refractivity contribution in [1.82, 2.24) is 5.32 Å². The van der Waals surface area contributed by atoms with Crippen molar-refractivity contribution in [3.63, 3.8) is 0 Å². The summed E-state index contributed by atoms with van der Waals surface area (Å²) < 4.78 is 10.8. The van der Waals surface area contributed by atoms with Gasteiger partial charge in [-0.05, 0) is 39.5 Å². The molecular weight excluding hydrogens is 308 g/mol. The summed E-state index contributed by atoms with van der Waals surface area (Å²) in [6.07, 6.45) is 1.15. The molecule has 0 spiro atoms. The number of carbonyl (C=O) groups excluding carboxylic acids is 2. The van der Waals surface area contributed by atoms with Gasteiger partial charge in [-0.1, -0.05) is 27.7 Å². The topological polar surface area (TPSA) is 90.7 Å². The molecule has 0 aromatic rings. The summed E-state index contributed by atoms with van der Waals surface area (Å²) in [5.41, 5.74) is 4.63. The lowest BCUT2D eigenvalue weighted by Crippen LogP contribution is -2.43. The lowest BCUT2D eigenvalue weighted by atomic mass is 9.88. The number of amides is 1. The minimum absolute atomic E-state index is 0.00270. The number of rotatable bonds is 11. The molecule has 6 heteroatoms. The van der Waals surface area contributed by atoms with Crippen LogP contribution < -0.4 is 11.1 Å². The first-order chi connectivity index (χ1) is 10.9. The van der Waals surface area contributed by atoms with E-state index in [-0.39, 0.29) is 24.3 Å². The number of nitrogens with two attached hydrogens (primary N) is 1. The van der Waals surface area contributed by atoms with Gasteiger partial charge in [0.1, 0.15) is 5.72 Å². The van der Waals surface area contributed by atoms with E-state index in [4.69, 9.17) is 15.2 Å². The highest BCUT2D eigenvalue weighted by molar-refractivity contribution is 5.81. The molecule has 0 aromatic heterocycles. The molecule has 0 radical (unpaired) electrons. The molecule has 0 aliphatic rings. The van der Waals surface area contributed by atoms with Crippen LogP contribution in [-0.2, 0) is 19.1 Å². The Balaban J connectivity index is 4.19. The maximum absolute atomic E-state index is 12.1. The zero-order valence-electron chi connectivity index (χ0n) is 16.4. The average molecular weight is 344 g/mol. The molecule has 1 unspecified atom stereocenters. The molecular formula is C18H36N2O4. The zero-order chi connectivity index (χ0) is 19.0. The van der Waals surface area contributed by atoms with Gasteiger partial charge in [-0.3, -0.25) is 9.59 Å². The van der Waals surface area contributed by atoms with Crippen molar-refractivity contribution in [2.45, 2.75) is 79.5 Å². The van der Waals surface area contributed by atoms with Crippen LogP contribution >= 0.6 is 0 Å². The summed E-state index contributed by atoms with van der Waals surface area (Å²) in [7, 11) is 0. The van der Waals surface area contributed by atoms with Gasteiger partial charge in [-0.15, -0.1) is 0 Å². The predicted octanol–water partition coefficient (Wildman–Crippen LogP) is 2.60. The van der Waals surface area contributed by atoms with Gasteiger partial charge in [0.05, 0.1) is 6.61 Å². The van der Waals surface area contributed by atoms with Gasteiger partial charge in [0, 0.05) is 24.5 Å². The van der Waals surface area contributed by atoms with Crippen LogP contribution in [0.2, 0.25) is 0 Å². The second kappa shape index (κ2) is 9.99. The third-order valence-electron chi connectivity index (χ3n) is 3.60. The van der Waals surface area contributed by atoms with Crippen molar-refractivity contribution in [3.8, 4) is 0 Å². The number of esters is 1. The van der Waals surface area contributed by atoms with E-state index < -0.39 is 11.1 Å². The van der Waals surface area contributed by atoms with Crippen LogP contribution in [0.1, 0.15) is 67.7 Å². The minimum atomic E-state index is -0.915. The second-order valence-corrected chi connectivity index (χ2v) is 8.00. The lowest BCUT2D eigenvalue weighted by molar-refractivity contribution is -0.146. The average Bonchev–Trinajstić information content (AvgIpc) is 2.41. The van der Waals surface area contributed by atoms with E-state index in [9.17, 15) is 9.59 Å². The van der Waals surface area contributed by atoms with Gasteiger partial charge < -0.3 is 20.5 Å². The maximum atomic E-state index is 12.1. The molecule has 0 saturated carbocycles. The van der Waals surface area contributed by atoms with Crippen LogP contribution in [0.4, 0.5) is 0 Å². The number of carbonyl (C=O) groups is 2. The molecule has 0 heterocycles. The lowest BCUT2D eigenvalue weighted by Gasteiger charge is -2.29. The van der Waals surface area contributed by atoms with Gasteiger partial charge in [-0.25, -0.2) is 0 Å². The molecule has 0 fully saturated rings. The number of hydrogen-bond donors (Lipinski definition) is 2. The molecule has 0 aromatic carbocycles. The molecule has 24 heavy (non-hydrogen) atoms. The Kier molecular flexibility index (Phi) is 9.51. The fourth-order valence-electron chi connectivity index (χ4n) is 1.86. The molecule has 1 atom stereocenters. The van der Waals surface area contributed by atoms with E-state index >= 15 is 0 Å². The van der Waals surface area contributed by atoms with Gasteiger partial charge in [-0.2, -0.15) is 0 Å². The number of hydrogen-bond acceptors (Lipinski definition) is 5. The molecule has 1 amide bonds. The van der Waals surface area contributed by atoms with Crippen molar-refractivity contribution >= 4 is 11.9 Å². The zero-order valence-corrected chi connectivity index (χ0v) is 16.4. The first kappa shape index (κ1) is 22.9. The SMILES string of the molecule is CC(C)COC(=O)CCC(C)(N)OCCC(C)(C)C(=O)NC(C)C. The predicted molar refractivity (Wildman–Crippen MR) is 95.3 cm³/mol. The summed E-state index contributed by atoms with van der Waals surface area (Å²) in [6.45, 7) is 14.1. The van der Waals surface area contributed by atoms with Crippen molar-refractivity contribution in [1.29, 1.82) is 0 Å². The van der Waals surface area contributed by atoms with Gasteiger partial charge in [0.25, 0.3) is 0 Å². The highest BCUT2D eigenvalue weighted by Gasteiger charge is 2.29. The minimum Gasteiger partial charge on any atom is -0.465 e. The molecule has 0 bridgehead atoms. The van der Waals surface area contributed by atoms with E-state index in [2.05, 4.69) is 5.32 Å². The third-order valence-corrected chi connectivity index (χ3v) is 3.60. The standard InChI is InChI=1S/C18H36N2O4/c1-13(2)12-23-15(21)8-9-18(7,19)24-11-10-17(5,6)16(22)20-14(3)4/h13-14H,8-12,19H2,1-7H3,(H,20,22). The monoisotopic (exact) mass is 344 g/mol. The van der Waals surface area contributed by atoms with Crippen molar-refractivity contribution < 1.29 is 19.1 Å². The Morgan fingerprint density at radius 1 is 1.08 bits per heavy atom. The smallest absolute Gasteiger partial charge is 0.305 e. The van der Waals surface area contributed by atoms with E-state index in [1.807, 2.05) is 41.5 Å². The largest absolute Gasteiger partial charge is 0.465 e. The first-order valence-corrected chi connectivity index (χ1v) is 8.75. The Morgan fingerprint density at radius 2 is 1.67 bits per heavy atom. The van der Waals surface area contributed by atoms with E-state index in [0.29, 0.717) is 32.0 Å². The Morgan fingerprint density at radius 3 is 2.17 bits per heavy atom. The van der Waals surface area contributed by atoms with Crippen LogP contribution in [-0.4, -0.2) is 36.9 Å². The molecule has 0 rings (SSSR count). The Labute approximate surface area is 146 Å². The highest BCUT2D eigenvalue weighted by Crippen LogP contribution is 2.22. The molecule has 3 N–H and O–H groups in total. The fraction of sp³-hybridized carbons (Fsp3) is 0.889. The fourth-order valence-corrected chi connectivity index (χ4v) is 1.86. The molecule has 6 nitrogen and oxygen atoms in total. The van der Waals surface area contributed by atoms with Crippen LogP contribution in [0, 0.1) is 11.3 Å². The number of nitrogens with one attached hydrogen (secondary N) is 1. The Bertz CT molecular complexity index is 404. The van der Waals surface area contributed by atoms with Crippen LogP contribution in [0.15, 0.2) is 0 Å². The summed E-state index contributed by atoms with van der Waals surface area (Å²) in [5.74, 6) is 0.0476. The third kappa shape index (κ3) is 10.6. The summed E-state index contributed by atoms with van der Waals surface area (Å²) in [4.78, 5) is 23.7. The van der Waals surface area contributed by atoms with Crippen LogP contribution in [0.5, 0.6) is 0 Å². The van der Waals surface area contributed by atoms with Crippen molar-refractivity contribution in [2.75, 3.05) is 13.2 Å². The van der Waals surface area contributed by atoms with E-state index in [1.165, 1.54) is 0 Å². The summed E-state index contributed by atoms with van der Waals surface area (Å²) in [5, 5.41) is 2.91. The quantitative estimate of drug-likeness (QED) is 0.444. The van der Waals surface area contributed by atoms with Gasteiger partial charge >= 0.3 is 5.97 Å². The number of ether oxygens (including phenoxy) is 2. The van der Waals surface area contributed by atoms with Crippen molar-refractivity contribution in [2.24, 2.45) is 17.1 Å². The molecule has 0 aliphatic heterocycles. The summed E-state index contributed by atoms with van der Waals surface area (Å²) >= 11 is 0. The van der Waals surface area contributed by atoms with Crippen molar-refractivity contribution in [3.05, 3.63) is 0 Å². The van der Waals surface area contributed by atoms with Crippen LogP contribution in [0.25, 0.3) is 0 Å². The van der Waals surface area contributed by atoms with Gasteiger partial charge in [0.2, 0.25) is 5.91 Å². The second-order valence-electron chi connectivity index (χ2n) is 8.00. The van der Waals surface area contributed by atoms with Crippen LogP contribution in [0.3, 0.4) is 0 Å². The first-order valence-electron chi connectivity index (χ1n) is 8.75. The van der Waals surface area contributed by atoms with E-state index in [1.54, 1.807) is 6.92 Å². The molecule has 0 aliphatic carbocycles. The normalized spacial score (nSPS) is 14.6. The van der Waals surface area contributed by atoms with Gasteiger partial charge in [0.15, 0.2) is 0 Å². The maximum Gasteiger partial charge on any atom is 0.305 e.